The van der Waals surface area contributed by atoms with Gasteiger partial charge in [-0.15, -0.1) is 0 Å². The molecule has 1 aromatic rings. The van der Waals surface area contributed by atoms with Crippen molar-refractivity contribution in [3.05, 3.63) is 29.0 Å². The van der Waals surface area contributed by atoms with Gasteiger partial charge >= 0.3 is 0 Å². The lowest BCUT2D eigenvalue weighted by Gasteiger charge is -2.16. The van der Waals surface area contributed by atoms with E-state index in [4.69, 9.17) is 11.6 Å². The summed E-state index contributed by atoms with van der Waals surface area (Å²) < 4.78 is 0. The van der Waals surface area contributed by atoms with Gasteiger partial charge < -0.3 is 5.32 Å². The van der Waals surface area contributed by atoms with Gasteiger partial charge in [0.1, 0.15) is 0 Å². The number of likely N-dealkylation sites (tertiary alicyclic amines) is 1. The minimum atomic E-state index is -0.0925. The maximum atomic E-state index is 12.1. The molecule has 1 saturated heterocycles. The molecule has 0 spiro atoms. The van der Waals surface area contributed by atoms with Gasteiger partial charge in [0, 0.05) is 37.6 Å². The predicted octanol–water partition coefficient (Wildman–Crippen LogP) is 1.70. The largest absolute Gasteiger partial charge is 0.348 e. The van der Waals surface area contributed by atoms with Crippen LogP contribution in [0.4, 0.5) is 0 Å². The molecule has 18 heavy (non-hydrogen) atoms. The fourth-order valence-corrected chi connectivity index (χ4v) is 2.70. The van der Waals surface area contributed by atoms with E-state index in [2.05, 4.69) is 15.2 Å². The van der Waals surface area contributed by atoms with Gasteiger partial charge in [-0.2, -0.15) is 0 Å². The van der Waals surface area contributed by atoms with Crippen molar-refractivity contribution in [3.63, 3.8) is 0 Å². The molecule has 96 valence electrons. The Morgan fingerprint density at radius 3 is 3.00 bits per heavy atom. The van der Waals surface area contributed by atoms with Crippen LogP contribution in [0.3, 0.4) is 0 Å². The summed E-state index contributed by atoms with van der Waals surface area (Å²) in [5.74, 6) is -0.0925. The van der Waals surface area contributed by atoms with Crippen LogP contribution in [0, 0.1) is 0 Å². The summed E-state index contributed by atoms with van der Waals surface area (Å²) in [6, 6.07) is 2.68. The highest BCUT2D eigenvalue weighted by molar-refractivity contribution is 6.33. The summed E-state index contributed by atoms with van der Waals surface area (Å²) in [6.45, 7) is 2.07. The second kappa shape index (κ2) is 4.86. The number of nitrogens with one attached hydrogen (secondary N) is 1. The quantitative estimate of drug-likeness (QED) is 0.905. The van der Waals surface area contributed by atoms with E-state index in [-0.39, 0.29) is 11.9 Å². The SMILES string of the molecule is O=C(NC1CCN(C2CC2)C1)c1ccncc1Cl. The average molecular weight is 266 g/mol. The number of rotatable bonds is 3. The summed E-state index contributed by atoms with van der Waals surface area (Å²) in [4.78, 5) is 18.4. The fourth-order valence-electron chi connectivity index (χ4n) is 2.50. The van der Waals surface area contributed by atoms with Crippen molar-refractivity contribution < 1.29 is 4.79 Å². The van der Waals surface area contributed by atoms with Crippen molar-refractivity contribution in [3.8, 4) is 0 Å². The first-order valence-corrected chi connectivity index (χ1v) is 6.76. The zero-order valence-corrected chi connectivity index (χ0v) is 10.9. The third-order valence-corrected chi connectivity index (χ3v) is 3.94. The monoisotopic (exact) mass is 265 g/mol. The number of nitrogens with zero attached hydrogens (tertiary/aromatic N) is 2. The molecular formula is C13H16ClN3O. The highest BCUT2D eigenvalue weighted by atomic mass is 35.5. The van der Waals surface area contributed by atoms with Crippen LogP contribution in [0.5, 0.6) is 0 Å². The number of aromatic nitrogens is 1. The van der Waals surface area contributed by atoms with Crippen molar-refractivity contribution in [1.29, 1.82) is 0 Å². The normalized spacial score (nSPS) is 24.2. The third kappa shape index (κ3) is 2.49. The molecular weight excluding hydrogens is 250 g/mol. The molecule has 5 heteroatoms. The van der Waals surface area contributed by atoms with E-state index in [1.54, 1.807) is 12.3 Å². The van der Waals surface area contributed by atoms with Gasteiger partial charge in [-0.25, -0.2) is 0 Å². The molecule has 1 aliphatic carbocycles. The second-order valence-electron chi connectivity index (χ2n) is 5.04. The first-order chi connectivity index (χ1) is 8.74. The number of hydrogen-bond donors (Lipinski definition) is 1. The average Bonchev–Trinajstić information content (AvgIpc) is 3.11. The molecule has 2 fully saturated rings. The zero-order chi connectivity index (χ0) is 12.5. The summed E-state index contributed by atoms with van der Waals surface area (Å²) >= 11 is 5.96. The van der Waals surface area contributed by atoms with Crippen LogP contribution in [0.1, 0.15) is 29.6 Å². The van der Waals surface area contributed by atoms with E-state index >= 15 is 0 Å². The Balaban J connectivity index is 1.60. The Bertz CT molecular complexity index is 461. The Morgan fingerprint density at radius 1 is 1.44 bits per heavy atom. The molecule has 3 rings (SSSR count). The molecule has 1 aliphatic heterocycles. The van der Waals surface area contributed by atoms with Gasteiger partial charge in [-0.05, 0) is 25.3 Å². The van der Waals surface area contributed by atoms with Crippen LogP contribution in [0.15, 0.2) is 18.5 Å². The van der Waals surface area contributed by atoms with Gasteiger partial charge in [-0.3, -0.25) is 14.7 Å². The standard InChI is InChI=1S/C13H16ClN3O/c14-12-7-15-5-3-11(12)13(18)16-9-4-6-17(8-9)10-1-2-10/h3,5,7,9-10H,1-2,4,6,8H2,(H,16,18). The Morgan fingerprint density at radius 2 is 2.28 bits per heavy atom. The van der Waals surface area contributed by atoms with Gasteiger partial charge in [0.2, 0.25) is 0 Å². The van der Waals surface area contributed by atoms with Crippen molar-refractivity contribution >= 4 is 17.5 Å². The van der Waals surface area contributed by atoms with E-state index in [1.807, 2.05) is 0 Å². The first kappa shape index (κ1) is 11.9. The highest BCUT2D eigenvalue weighted by Crippen LogP contribution is 2.29. The van der Waals surface area contributed by atoms with Crippen LogP contribution in [0.25, 0.3) is 0 Å². The van der Waals surface area contributed by atoms with Crippen molar-refractivity contribution in [2.75, 3.05) is 13.1 Å². The van der Waals surface area contributed by atoms with Gasteiger partial charge in [0.15, 0.2) is 0 Å². The summed E-state index contributed by atoms with van der Waals surface area (Å²) in [7, 11) is 0. The van der Waals surface area contributed by atoms with E-state index in [9.17, 15) is 4.79 Å². The molecule has 1 atom stereocenters. The molecule has 1 amide bonds. The third-order valence-electron chi connectivity index (χ3n) is 3.64. The Labute approximate surface area is 111 Å². The molecule has 1 saturated carbocycles. The first-order valence-electron chi connectivity index (χ1n) is 6.38. The summed E-state index contributed by atoms with van der Waals surface area (Å²) in [6.07, 6.45) is 6.76. The number of halogens is 1. The minimum Gasteiger partial charge on any atom is -0.348 e. The molecule has 0 aromatic carbocycles. The van der Waals surface area contributed by atoms with Crippen molar-refractivity contribution in [2.24, 2.45) is 0 Å². The van der Waals surface area contributed by atoms with Crippen molar-refractivity contribution in [1.82, 2.24) is 15.2 Å². The molecule has 1 aromatic heterocycles. The van der Waals surface area contributed by atoms with Gasteiger partial charge in [0.05, 0.1) is 10.6 Å². The van der Waals surface area contributed by atoms with E-state index < -0.39 is 0 Å². The van der Waals surface area contributed by atoms with Crippen LogP contribution >= 0.6 is 11.6 Å². The van der Waals surface area contributed by atoms with E-state index in [0.29, 0.717) is 10.6 Å². The maximum absolute atomic E-state index is 12.1. The molecule has 1 unspecified atom stereocenters. The number of pyridine rings is 1. The second-order valence-corrected chi connectivity index (χ2v) is 5.45. The van der Waals surface area contributed by atoms with Crippen LogP contribution in [0.2, 0.25) is 5.02 Å². The molecule has 1 N–H and O–H groups in total. The zero-order valence-electron chi connectivity index (χ0n) is 10.1. The van der Waals surface area contributed by atoms with Crippen molar-refractivity contribution in [2.45, 2.75) is 31.3 Å². The van der Waals surface area contributed by atoms with Gasteiger partial charge in [0.25, 0.3) is 5.91 Å². The van der Waals surface area contributed by atoms with Gasteiger partial charge in [-0.1, -0.05) is 11.6 Å². The van der Waals surface area contributed by atoms with Crippen LogP contribution in [-0.4, -0.2) is 41.0 Å². The summed E-state index contributed by atoms with van der Waals surface area (Å²) in [5, 5.41) is 3.47. The Kier molecular flexibility index (Phi) is 3.22. The fraction of sp³-hybridized carbons (Fsp3) is 0.538. The lowest BCUT2D eigenvalue weighted by molar-refractivity contribution is 0.0937. The summed E-state index contributed by atoms with van der Waals surface area (Å²) in [5.41, 5.74) is 0.511. The maximum Gasteiger partial charge on any atom is 0.253 e. The highest BCUT2D eigenvalue weighted by Gasteiger charge is 2.34. The van der Waals surface area contributed by atoms with E-state index in [0.717, 1.165) is 25.6 Å². The van der Waals surface area contributed by atoms with Crippen LogP contribution in [-0.2, 0) is 0 Å². The minimum absolute atomic E-state index is 0.0925. The molecule has 4 nitrogen and oxygen atoms in total. The lowest BCUT2D eigenvalue weighted by atomic mass is 10.2. The molecule has 2 aliphatic rings. The molecule has 0 radical (unpaired) electrons. The lowest BCUT2D eigenvalue weighted by Crippen LogP contribution is -2.37. The molecule has 0 bridgehead atoms. The molecule has 2 heterocycles. The number of carbonyl (C=O) groups excluding carboxylic acids is 1. The Hall–Kier alpha value is -1.13. The topological polar surface area (TPSA) is 45.2 Å². The number of amides is 1. The van der Waals surface area contributed by atoms with Crippen LogP contribution < -0.4 is 5.32 Å². The number of carbonyl (C=O) groups is 1. The van der Waals surface area contributed by atoms with E-state index in [1.165, 1.54) is 19.0 Å². The number of hydrogen-bond acceptors (Lipinski definition) is 3. The predicted molar refractivity (Wildman–Crippen MR) is 69.7 cm³/mol. The smallest absolute Gasteiger partial charge is 0.253 e.